The summed E-state index contributed by atoms with van der Waals surface area (Å²) >= 11 is 0. The van der Waals surface area contributed by atoms with Crippen molar-refractivity contribution in [3.8, 4) is 5.75 Å². The van der Waals surface area contributed by atoms with E-state index in [4.69, 9.17) is 15.5 Å². The number of phenols is 1. The van der Waals surface area contributed by atoms with Crippen LogP contribution in [0, 0.1) is 5.92 Å². The molecule has 198 valence electrons. The molecule has 38 heavy (non-hydrogen) atoms. The van der Waals surface area contributed by atoms with Crippen molar-refractivity contribution >= 4 is 23.4 Å². The number of nitrogens with two attached hydrogens (primary N) is 1. The number of nitrogens with zero attached hydrogens (tertiary/aromatic N) is 1. The molecule has 0 spiro atoms. The summed E-state index contributed by atoms with van der Waals surface area (Å²) < 4.78 is 5.89. The smallest absolute Gasteiger partial charge is 0.316 e. The highest BCUT2D eigenvalue weighted by Gasteiger charge is 2.49. The Morgan fingerprint density at radius 1 is 1.08 bits per heavy atom. The molecule has 0 saturated heterocycles. The van der Waals surface area contributed by atoms with E-state index in [2.05, 4.69) is 31.2 Å². The number of hydrogen-bond acceptors (Lipinski definition) is 6. The Morgan fingerprint density at radius 2 is 1.79 bits per heavy atom. The Balaban J connectivity index is 1.54. The minimum absolute atomic E-state index is 0.00588. The fraction of sp³-hybridized carbons (Fsp3) is 0.419. The number of aromatic hydroxyl groups is 1. The van der Waals surface area contributed by atoms with Crippen molar-refractivity contribution in [2.24, 2.45) is 16.6 Å². The number of amides is 1. The number of ether oxygens (including phenoxy) is 1. The van der Waals surface area contributed by atoms with Crippen LogP contribution < -0.4 is 5.73 Å². The minimum atomic E-state index is -1.33. The van der Waals surface area contributed by atoms with Crippen LogP contribution in [-0.4, -0.2) is 34.1 Å². The second-order valence-corrected chi connectivity index (χ2v) is 10.8. The lowest BCUT2D eigenvalue weighted by Gasteiger charge is -2.38. The summed E-state index contributed by atoms with van der Waals surface area (Å²) in [6.45, 7) is 3.87. The lowest BCUT2D eigenvalue weighted by Crippen LogP contribution is -2.48. The minimum Gasteiger partial charge on any atom is -0.508 e. The first-order chi connectivity index (χ1) is 18.2. The van der Waals surface area contributed by atoms with E-state index < -0.39 is 29.3 Å². The summed E-state index contributed by atoms with van der Waals surface area (Å²) in [4.78, 5) is 44.7. The quantitative estimate of drug-likeness (QED) is 0.533. The molecule has 1 fully saturated rings. The summed E-state index contributed by atoms with van der Waals surface area (Å²) in [6, 6.07) is 15.0. The van der Waals surface area contributed by atoms with Gasteiger partial charge >= 0.3 is 5.97 Å². The molecule has 0 aromatic heterocycles. The van der Waals surface area contributed by atoms with Gasteiger partial charge in [-0.25, -0.2) is 0 Å². The van der Waals surface area contributed by atoms with Gasteiger partial charge in [0.25, 0.3) is 5.91 Å². The van der Waals surface area contributed by atoms with Crippen LogP contribution in [0.5, 0.6) is 5.75 Å². The van der Waals surface area contributed by atoms with Crippen molar-refractivity contribution < 1.29 is 24.2 Å². The van der Waals surface area contributed by atoms with Gasteiger partial charge < -0.3 is 15.6 Å². The summed E-state index contributed by atoms with van der Waals surface area (Å²) in [7, 11) is 0. The zero-order valence-electron chi connectivity index (χ0n) is 21.9. The summed E-state index contributed by atoms with van der Waals surface area (Å²) in [6.07, 6.45) is 4.10. The van der Waals surface area contributed by atoms with Crippen molar-refractivity contribution in [1.29, 1.82) is 0 Å². The van der Waals surface area contributed by atoms with Crippen LogP contribution >= 0.6 is 0 Å². The normalized spacial score (nSPS) is 24.5. The molecule has 1 heterocycles. The van der Waals surface area contributed by atoms with Gasteiger partial charge in [0.2, 0.25) is 0 Å². The number of carbonyl (C=O) groups excluding carboxylic acids is 3. The van der Waals surface area contributed by atoms with Crippen LogP contribution in [0.1, 0.15) is 80.9 Å². The van der Waals surface area contributed by atoms with Gasteiger partial charge in [-0.15, -0.1) is 0 Å². The van der Waals surface area contributed by atoms with E-state index in [-0.39, 0.29) is 17.5 Å². The van der Waals surface area contributed by atoms with Crippen LogP contribution in [0.2, 0.25) is 0 Å². The number of Topliss-reactive ketones (excluding diaryl/α,β-unsaturated/α-hetero) is 1. The third-order valence-corrected chi connectivity index (χ3v) is 8.39. The largest absolute Gasteiger partial charge is 0.508 e. The molecule has 3 aliphatic rings. The van der Waals surface area contributed by atoms with Crippen molar-refractivity contribution in [1.82, 2.24) is 0 Å². The number of aliphatic imine (C=N–C) groups is 1. The highest BCUT2D eigenvalue weighted by molar-refractivity contribution is 6.09. The summed E-state index contributed by atoms with van der Waals surface area (Å²) in [5.41, 5.74) is 9.00. The predicted molar refractivity (Wildman–Crippen MR) is 144 cm³/mol. The average Bonchev–Trinajstić information content (AvgIpc) is 3.37. The second-order valence-electron chi connectivity index (χ2n) is 10.8. The number of aryl methyl sites for hydroxylation is 1. The maximum Gasteiger partial charge on any atom is 0.316 e. The highest BCUT2D eigenvalue weighted by atomic mass is 16.6. The fourth-order valence-electron chi connectivity index (χ4n) is 6.31. The van der Waals surface area contributed by atoms with E-state index >= 15 is 0 Å². The van der Waals surface area contributed by atoms with Gasteiger partial charge in [0.05, 0.1) is 0 Å². The molecule has 3 N–H and O–H groups in total. The number of rotatable bonds is 6. The van der Waals surface area contributed by atoms with Gasteiger partial charge in [-0.05, 0) is 80.2 Å². The third kappa shape index (κ3) is 4.66. The molecule has 0 radical (unpaired) electrons. The number of esters is 1. The first-order valence-electron chi connectivity index (χ1n) is 13.4. The summed E-state index contributed by atoms with van der Waals surface area (Å²) in [5.74, 6) is -2.87. The Hall–Kier alpha value is -3.74. The van der Waals surface area contributed by atoms with E-state index in [0.717, 1.165) is 24.8 Å². The Kier molecular flexibility index (Phi) is 6.95. The van der Waals surface area contributed by atoms with Crippen LogP contribution in [0.15, 0.2) is 64.8 Å². The SMILES string of the molecule is CCc1ccc(C2CC(=O)C3=C(C2)N=C(C)C(C(=O)OC2(C(N)=O)CCCC2)C3c2cccc(O)c2)cc1. The molecule has 3 unspecified atom stereocenters. The topological polar surface area (TPSA) is 119 Å². The molecular weight excluding hydrogens is 480 g/mol. The Morgan fingerprint density at radius 3 is 2.42 bits per heavy atom. The van der Waals surface area contributed by atoms with Crippen LogP contribution in [0.4, 0.5) is 0 Å². The Bertz CT molecular complexity index is 1330. The molecule has 5 rings (SSSR count). The molecule has 1 saturated carbocycles. The fourth-order valence-corrected chi connectivity index (χ4v) is 6.31. The van der Waals surface area contributed by atoms with Crippen LogP contribution in [0.25, 0.3) is 0 Å². The number of hydrogen-bond donors (Lipinski definition) is 2. The maximum absolute atomic E-state index is 13.8. The van der Waals surface area contributed by atoms with Crippen molar-refractivity contribution in [2.75, 3.05) is 0 Å². The van der Waals surface area contributed by atoms with Gasteiger partial charge in [0.1, 0.15) is 11.7 Å². The lowest BCUT2D eigenvalue weighted by molar-refractivity contribution is -0.169. The molecule has 0 bridgehead atoms. The number of carbonyl (C=O) groups is 3. The zero-order chi connectivity index (χ0) is 27.0. The number of allylic oxidation sites excluding steroid dienone is 2. The molecule has 7 nitrogen and oxygen atoms in total. The lowest BCUT2D eigenvalue weighted by atomic mass is 9.69. The maximum atomic E-state index is 13.8. The van der Waals surface area contributed by atoms with E-state index in [9.17, 15) is 19.5 Å². The molecular formula is C31H34N2O5. The van der Waals surface area contributed by atoms with Gasteiger partial charge in [0.15, 0.2) is 11.4 Å². The molecule has 1 aliphatic heterocycles. The molecule has 1 amide bonds. The van der Waals surface area contributed by atoms with Crippen LogP contribution in [-0.2, 0) is 25.5 Å². The molecule has 2 aromatic rings. The summed E-state index contributed by atoms with van der Waals surface area (Å²) in [5, 5.41) is 10.3. The van der Waals surface area contributed by atoms with Crippen molar-refractivity contribution in [2.45, 2.75) is 76.2 Å². The Labute approximate surface area is 222 Å². The second kappa shape index (κ2) is 10.2. The first-order valence-corrected chi connectivity index (χ1v) is 13.4. The average molecular weight is 515 g/mol. The predicted octanol–water partition coefficient (Wildman–Crippen LogP) is 4.87. The third-order valence-electron chi connectivity index (χ3n) is 8.39. The molecule has 2 aromatic carbocycles. The number of ketones is 1. The van der Waals surface area contributed by atoms with Gasteiger partial charge in [0, 0.05) is 29.3 Å². The molecule has 2 aliphatic carbocycles. The van der Waals surface area contributed by atoms with E-state index in [1.54, 1.807) is 31.2 Å². The van der Waals surface area contributed by atoms with Crippen LogP contribution in [0.3, 0.4) is 0 Å². The van der Waals surface area contributed by atoms with Gasteiger partial charge in [-0.2, -0.15) is 0 Å². The van der Waals surface area contributed by atoms with E-state index in [1.165, 1.54) is 5.56 Å². The van der Waals surface area contributed by atoms with Gasteiger partial charge in [-0.1, -0.05) is 43.3 Å². The van der Waals surface area contributed by atoms with E-state index in [0.29, 0.717) is 48.2 Å². The number of phenolic OH excluding ortho intramolecular Hbond substituents is 1. The van der Waals surface area contributed by atoms with E-state index in [1.807, 2.05) is 0 Å². The van der Waals surface area contributed by atoms with Crippen molar-refractivity contribution in [3.63, 3.8) is 0 Å². The number of benzene rings is 2. The van der Waals surface area contributed by atoms with Crippen molar-refractivity contribution in [3.05, 3.63) is 76.5 Å². The monoisotopic (exact) mass is 514 g/mol. The molecule has 7 heteroatoms. The number of primary amides is 1. The standard InChI is InChI=1S/C31H34N2O5/c1-3-19-9-11-20(12-10-19)22-16-24-28(25(35)17-22)27(21-7-6-8-23(34)15-21)26(18(2)33-24)29(36)38-31(30(32)37)13-4-5-14-31/h6-12,15,22,26-27,34H,3-5,13-14,16-17H2,1-2H3,(H2,32,37). The zero-order valence-corrected chi connectivity index (χ0v) is 21.9. The van der Waals surface area contributed by atoms with Gasteiger partial charge in [-0.3, -0.25) is 19.4 Å². The highest BCUT2D eigenvalue weighted by Crippen LogP contribution is 2.48. The first kappa shape index (κ1) is 25.9. The molecule has 3 atom stereocenters.